The van der Waals surface area contributed by atoms with E-state index in [1.165, 1.54) is 16.2 Å². The van der Waals surface area contributed by atoms with Gasteiger partial charge in [0.2, 0.25) is 11.8 Å². The van der Waals surface area contributed by atoms with Crippen LogP contribution in [0.1, 0.15) is 28.3 Å². The molecule has 4 aliphatic rings. The maximum atomic E-state index is 14.0. The van der Waals surface area contributed by atoms with Crippen LogP contribution in [0.5, 0.6) is 11.5 Å². The Morgan fingerprint density at radius 3 is 2.39 bits per heavy atom. The van der Waals surface area contributed by atoms with Crippen molar-refractivity contribution < 1.29 is 23.9 Å². The number of ether oxygens (including phenoxy) is 2. The number of nitrogens with zero attached hydrogens (tertiary/aromatic N) is 1. The molecular weight excluding hydrogens is 623 g/mol. The molecule has 2 saturated carbocycles. The lowest BCUT2D eigenvalue weighted by Gasteiger charge is -2.43. The van der Waals surface area contributed by atoms with Crippen molar-refractivity contribution in [1.82, 2.24) is 4.98 Å². The van der Waals surface area contributed by atoms with E-state index in [1.54, 1.807) is 43.1 Å². The lowest BCUT2D eigenvalue weighted by atomic mass is 9.68. The number of thioether (sulfide) groups is 1. The summed E-state index contributed by atoms with van der Waals surface area (Å²) in [6.45, 7) is 1.84. The highest BCUT2D eigenvalue weighted by Gasteiger charge is 2.69. The van der Waals surface area contributed by atoms with Gasteiger partial charge in [-0.15, -0.1) is 11.8 Å². The Balaban J connectivity index is 1.05. The van der Waals surface area contributed by atoms with Gasteiger partial charge in [-0.1, -0.05) is 35.6 Å². The number of benzene rings is 3. The van der Waals surface area contributed by atoms with Crippen LogP contribution >= 0.6 is 23.1 Å². The Labute approximate surface area is 273 Å². The van der Waals surface area contributed by atoms with Crippen molar-refractivity contribution >= 4 is 52.2 Å². The van der Waals surface area contributed by atoms with Crippen LogP contribution in [-0.4, -0.2) is 41.7 Å². The molecule has 11 heteroatoms. The average Bonchev–Trinajstić information content (AvgIpc) is 3.79. The zero-order valence-corrected chi connectivity index (χ0v) is 26.7. The maximum Gasteiger partial charge on any atom is 0.305 e. The molecule has 3 heterocycles. The van der Waals surface area contributed by atoms with Gasteiger partial charge >= 0.3 is 4.87 Å². The van der Waals surface area contributed by atoms with Gasteiger partial charge in [0.1, 0.15) is 11.5 Å². The highest BCUT2D eigenvalue weighted by molar-refractivity contribution is 8.00. The highest BCUT2D eigenvalue weighted by Crippen LogP contribution is 2.68. The number of imide groups is 1. The van der Waals surface area contributed by atoms with E-state index in [-0.39, 0.29) is 70.0 Å². The van der Waals surface area contributed by atoms with E-state index >= 15 is 0 Å². The summed E-state index contributed by atoms with van der Waals surface area (Å²) < 4.78 is 11.1. The summed E-state index contributed by atoms with van der Waals surface area (Å²) in [4.78, 5) is 58.2. The van der Waals surface area contributed by atoms with Gasteiger partial charge in [-0.3, -0.25) is 24.1 Å². The Kier molecular flexibility index (Phi) is 7.06. The minimum atomic E-state index is -0.379. The molecule has 6 unspecified atom stereocenters. The fourth-order valence-corrected chi connectivity index (χ4v) is 11.1. The standard InChI is InChI=1S/C35H31N3O6S2/c1-17-4-3-5-19(14-17)36-25(39)16-44-22-10-6-18(7-11-22)26-27-23-15-24(30(27)45-32-31(26)46-35(42)37-32)29-28(23)33(40)38(34(29)41)20-8-12-21(43-2)13-9-20/h3-14,23-24,26-30H,15-16H2,1-2H3,(H,36,39)(H,37,42)/t23?,24?,26-,27?,28?,29?,30?/m1/s1. The van der Waals surface area contributed by atoms with E-state index < -0.39 is 0 Å². The molecule has 3 fully saturated rings. The quantitative estimate of drug-likeness (QED) is 0.255. The topological polar surface area (TPSA) is 118 Å². The normalized spacial score (nSPS) is 27.3. The van der Waals surface area contributed by atoms with Crippen LogP contribution in [0.3, 0.4) is 0 Å². The van der Waals surface area contributed by atoms with E-state index in [2.05, 4.69) is 10.3 Å². The first-order valence-electron chi connectivity index (χ1n) is 15.3. The number of carbonyl (C=O) groups excluding carboxylic acids is 3. The average molecular weight is 654 g/mol. The second kappa shape index (κ2) is 11.2. The van der Waals surface area contributed by atoms with E-state index in [9.17, 15) is 19.2 Å². The predicted octanol–water partition coefficient (Wildman–Crippen LogP) is 5.45. The van der Waals surface area contributed by atoms with Gasteiger partial charge in [-0.25, -0.2) is 0 Å². The van der Waals surface area contributed by atoms with Gasteiger partial charge in [0.05, 0.1) is 29.7 Å². The molecule has 3 aromatic carbocycles. The van der Waals surface area contributed by atoms with Gasteiger partial charge in [0, 0.05) is 21.7 Å². The van der Waals surface area contributed by atoms with Crippen LogP contribution in [0.15, 0.2) is 82.6 Å². The molecule has 234 valence electrons. The number of amides is 3. The van der Waals surface area contributed by atoms with Gasteiger partial charge < -0.3 is 19.8 Å². The first-order valence-corrected chi connectivity index (χ1v) is 17.0. The maximum absolute atomic E-state index is 14.0. The smallest absolute Gasteiger partial charge is 0.305 e. The summed E-state index contributed by atoms with van der Waals surface area (Å²) in [5.41, 5.74) is 3.37. The molecule has 2 N–H and O–H groups in total. The molecular formula is C35H31N3O6S2. The van der Waals surface area contributed by atoms with Gasteiger partial charge in [0.25, 0.3) is 5.91 Å². The molecule has 3 amide bonds. The summed E-state index contributed by atoms with van der Waals surface area (Å²) in [5.74, 6) is 0.0336. The molecule has 0 spiro atoms. The Morgan fingerprint density at radius 1 is 0.957 bits per heavy atom. The molecule has 7 atom stereocenters. The third-order valence-corrected chi connectivity index (χ3v) is 12.6. The summed E-state index contributed by atoms with van der Waals surface area (Å²) in [7, 11) is 1.58. The van der Waals surface area contributed by atoms with Gasteiger partial charge in [-0.2, -0.15) is 0 Å². The van der Waals surface area contributed by atoms with Crippen LogP contribution in [0.4, 0.5) is 11.4 Å². The minimum Gasteiger partial charge on any atom is -0.497 e. The van der Waals surface area contributed by atoms with Crippen molar-refractivity contribution in [3.05, 3.63) is 98.5 Å². The zero-order chi connectivity index (χ0) is 31.7. The highest BCUT2D eigenvalue weighted by atomic mass is 32.2. The molecule has 1 saturated heterocycles. The number of aryl methyl sites for hydroxylation is 1. The number of aromatic nitrogens is 1. The number of nitrogens with one attached hydrogen (secondary N) is 2. The van der Waals surface area contributed by atoms with E-state index in [0.29, 0.717) is 17.2 Å². The van der Waals surface area contributed by atoms with Crippen molar-refractivity contribution in [1.29, 1.82) is 0 Å². The summed E-state index contributed by atoms with van der Waals surface area (Å²) in [6, 6.07) is 22.3. The fourth-order valence-electron chi connectivity index (χ4n) is 8.22. The minimum absolute atomic E-state index is 0.0174. The number of thiazole rings is 1. The number of hydrogen-bond acceptors (Lipinski definition) is 8. The van der Waals surface area contributed by atoms with Crippen LogP contribution < -0.4 is 24.6 Å². The lowest BCUT2D eigenvalue weighted by Crippen LogP contribution is -2.42. The Morgan fingerprint density at radius 2 is 1.67 bits per heavy atom. The van der Waals surface area contributed by atoms with E-state index in [4.69, 9.17) is 9.47 Å². The first-order chi connectivity index (χ1) is 22.3. The molecule has 2 bridgehead atoms. The molecule has 1 aromatic heterocycles. The number of aromatic amines is 1. The number of H-pyrrole nitrogens is 1. The summed E-state index contributed by atoms with van der Waals surface area (Å²) in [6.07, 6.45) is 0.818. The Hall–Kier alpha value is -4.35. The summed E-state index contributed by atoms with van der Waals surface area (Å²) in [5, 5.41) is 3.82. The monoisotopic (exact) mass is 653 g/mol. The number of hydrogen-bond donors (Lipinski definition) is 2. The number of rotatable bonds is 7. The van der Waals surface area contributed by atoms with Crippen LogP contribution in [-0.2, 0) is 14.4 Å². The second-order valence-corrected chi connectivity index (χ2v) is 14.6. The molecule has 2 aliphatic heterocycles. The van der Waals surface area contributed by atoms with Crippen molar-refractivity contribution in [2.75, 3.05) is 23.9 Å². The first kappa shape index (κ1) is 29.1. The van der Waals surface area contributed by atoms with Gasteiger partial charge in [-0.05, 0) is 90.8 Å². The van der Waals surface area contributed by atoms with Crippen molar-refractivity contribution in [2.24, 2.45) is 29.6 Å². The summed E-state index contributed by atoms with van der Waals surface area (Å²) >= 11 is 2.89. The number of methoxy groups -OCH3 is 1. The number of fused-ring (bicyclic) bond motifs is 9. The molecule has 9 nitrogen and oxygen atoms in total. The number of anilines is 2. The van der Waals surface area contributed by atoms with Crippen LogP contribution in [0, 0.1) is 36.5 Å². The van der Waals surface area contributed by atoms with Crippen molar-refractivity contribution in [2.45, 2.75) is 29.5 Å². The zero-order valence-electron chi connectivity index (χ0n) is 25.1. The molecule has 2 aliphatic carbocycles. The van der Waals surface area contributed by atoms with Gasteiger partial charge in [0.15, 0.2) is 6.61 Å². The second-order valence-electron chi connectivity index (χ2n) is 12.4. The molecule has 4 aromatic rings. The molecule has 0 radical (unpaired) electrons. The SMILES string of the molecule is COc1ccc(N2C(=O)C3C4CC(C3C2=O)C2C4Sc3[nH]c(=O)sc3[C@@H]2c2ccc(OCC(=O)Nc3cccc(C)c3)cc2)cc1. The third kappa shape index (κ3) is 4.67. The van der Waals surface area contributed by atoms with Crippen LogP contribution in [0.2, 0.25) is 0 Å². The molecule has 46 heavy (non-hydrogen) atoms. The third-order valence-electron chi connectivity index (χ3n) is 9.97. The predicted molar refractivity (Wildman–Crippen MR) is 176 cm³/mol. The van der Waals surface area contributed by atoms with Crippen molar-refractivity contribution in [3.63, 3.8) is 0 Å². The van der Waals surface area contributed by atoms with Crippen molar-refractivity contribution in [3.8, 4) is 11.5 Å². The fraction of sp³-hybridized carbons (Fsp3) is 0.314. The molecule has 8 rings (SSSR count). The van der Waals surface area contributed by atoms with E-state index in [0.717, 1.165) is 33.1 Å². The van der Waals surface area contributed by atoms with E-state index in [1.807, 2.05) is 55.5 Å². The van der Waals surface area contributed by atoms with Crippen LogP contribution in [0.25, 0.3) is 0 Å². The lowest BCUT2D eigenvalue weighted by molar-refractivity contribution is -0.123. The number of carbonyl (C=O) groups is 3. The Bertz CT molecular complexity index is 1920. The largest absolute Gasteiger partial charge is 0.497 e.